The molecule has 9 heteroatoms. The van der Waals surface area contributed by atoms with Gasteiger partial charge in [0.15, 0.2) is 0 Å². The van der Waals surface area contributed by atoms with Crippen molar-refractivity contribution in [3.05, 3.63) is 30.1 Å². The zero-order valence-electron chi connectivity index (χ0n) is 14.6. The second kappa shape index (κ2) is 8.59. The van der Waals surface area contributed by atoms with Gasteiger partial charge in [0, 0.05) is 33.1 Å². The van der Waals surface area contributed by atoms with E-state index in [-0.39, 0.29) is 23.8 Å². The molecule has 1 aliphatic heterocycles. The highest BCUT2D eigenvalue weighted by Gasteiger charge is 2.34. The summed E-state index contributed by atoms with van der Waals surface area (Å²) in [6, 6.07) is 4.62. The maximum absolute atomic E-state index is 13.0. The van der Waals surface area contributed by atoms with E-state index in [0.717, 1.165) is 12.1 Å². The molecule has 1 saturated heterocycles. The Labute approximate surface area is 152 Å². The van der Waals surface area contributed by atoms with Crippen molar-refractivity contribution in [3.8, 4) is 0 Å². The first-order chi connectivity index (χ1) is 12.2. The van der Waals surface area contributed by atoms with Gasteiger partial charge in [0.2, 0.25) is 15.9 Å². The van der Waals surface area contributed by atoms with Gasteiger partial charge in [0.25, 0.3) is 0 Å². The predicted octanol–water partition coefficient (Wildman–Crippen LogP) is 1.55. The van der Waals surface area contributed by atoms with Crippen molar-refractivity contribution in [1.29, 1.82) is 0 Å². The van der Waals surface area contributed by atoms with Gasteiger partial charge < -0.3 is 10.0 Å². The fraction of sp³-hybridized carbons (Fsp3) is 0.529. The van der Waals surface area contributed by atoms with Crippen molar-refractivity contribution in [2.24, 2.45) is 5.92 Å². The number of rotatable bonds is 7. The van der Waals surface area contributed by atoms with Gasteiger partial charge in [-0.15, -0.1) is 0 Å². The summed E-state index contributed by atoms with van der Waals surface area (Å²) in [7, 11) is -2.19. The van der Waals surface area contributed by atoms with Crippen molar-refractivity contribution >= 4 is 21.9 Å². The molecule has 0 saturated carbocycles. The molecule has 0 aliphatic carbocycles. The number of hydrogen-bond acceptors (Lipinski definition) is 4. The quantitative estimate of drug-likeness (QED) is 0.767. The number of piperidine rings is 1. The van der Waals surface area contributed by atoms with E-state index in [1.807, 2.05) is 0 Å². The second-order valence-electron chi connectivity index (χ2n) is 6.41. The van der Waals surface area contributed by atoms with Gasteiger partial charge in [-0.05, 0) is 43.5 Å². The molecule has 26 heavy (non-hydrogen) atoms. The summed E-state index contributed by atoms with van der Waals surface area (Å²) in [6.07, 6.45) is 1.46. The van der Waals surface area contributed by atoms with E-state index in [2.05, 4.69) is 0 Å². The number of carbonyl (C=O) groups is 2. The minimum atomic E-state index is -3.78. The van der Waals surface area contributed by atoms with E-state index in [9.17, 15) is 22.4 Å². The summed E-state index contributed by atoms with van der Waals surface area (Å²) in [5, 5.41) is 8.66. The van der Waals surface area contributed by atoms with Crippen LogP contribution in [0.2, 0.25) is 0 Å². The highest BCUT2D eigenvalue weighted by molar-refractivity contribution is 7.89. The number of nitrogens with zero attached hydrogens (tertiary/aromatic N) is 2. The van der Waals surface area contributed by atoms with Crippen molar-refractivity contribution in [2.75, 3.05) is 26.7 Å². The number of carboxylic acids is 1. The molecule has 1 atom stereocenters. The monoisotopic (exact) mass is 386 g/mol. The van der Waals surface area contributed by atoms with E-state index >= 15 is 0 Å². The maximum atomic E-state index is 13.0. The third-order valence-electron chi connectivity index (χ3n) is 4.45. The van der Waals surface area contributed by atoms with Crippen LogP contribution in [0.15, 0.2) is 29.2 Å². The minimum Gasteiger partial charge on any atom is -0.481 e. The molecule has 1 amide bonds. The van der Waals surface area contributed by atoms with Crippen LogP contribution in [0.5, 0.6) is 0 Å². The molecule has 0 bridgehead atoms. The molecule has 1 aliphatic rings. The van der Waals surface area contributed by atoms with E-state index in [0.29, 0.717) is 32.4 Å². The molecule has 144 valence electrons. The number of carboxylic acid groups (broad SMARTS) is 1. The number of sulfonamides is 1. The highest BCUT2D eigenvalue weighted by atomic mass is 32.2. The Balaban J connectivity index is 2.02. The van der Waals surface area contributed by atoms with Crippen molar-refractivity contribution in [1.82, 2.24) is 9.21 Å². The van der Waals surface area contributed by atoms with Gasteiger partial charge in [0.05, 0.1) is 10.8 Å². The largest absolute Gasteiger partial charge is 0.481 e. The smallest absolute Gasteiger partial charge is 0.303 e. The van der Waals surface area contributed by atoms with E-state index in [1.165, 1.54) is 21.3 Å². The fourth-order valence-corrected chi connectivity index (χ4v) is 4.53. The first kappa shape index (κ1) is 20.3. The Hall–Kier alpha value is -2.00. The van der Waals surface area contributed by atoms with Crippen LogP contribution < -0.4 is 0 Å². The van der Waals surface area contributed by atoms with E-state index < -0.39 is 27.7 Å². The summed E-state index contributed by atoms with van der Waals surface area (Å²) in [5.74, 6) is -2.08. The second-order valence-corrected chi connectivity index (χ2v) is 8.35. The zero-order chi connectivity index (χ0) is 19.3. The van der Waals surface area contributed by atoms with Crippen LogP contribution in [-0.4, -0.2) is 61.3 Å². The van der Waals surface area contributed by atoms with Crippen LogP contribution in [0.3, 0.4) is 0 Å². The SMILES string of the molecule is CN(CCCC(=O)O)C(=O)C1CCCN(S(=O)(=O)c2ccc(F)cc2)C1. The molecule has 0 spiro atoms. The van der Waals surface area contributed by atoms with Crippen LogP contribution in [0, 0.1) is 11.7 Å². The molecule has 7 nitrogen and oxygen atoms in total. The summed E-state index contributed by atoms with van der Waals surface area (Å²) in [5.41, 5.74) is 0. The lowest BCUT2D eigenvalue weighted by atomic mass is 9.98. The number of benzene rings is 1. The van der Waals surface area contributed by atoms with Crippen molar-refractivity contribution in [3.63, 3.8) is 0 Å². The summed E-state index contributed by atoms with van der Waals surface area (Å²) in [6.45, 7) is 0.695. The Kier molecular flexibility index (Phi) is 6.71. The molecule has 0 aromatic heterocycles. The van der Waals surface area contributed by atoms with Gasteiger partial charge in [-0.1, -0.05) is 0 Å². The van der Waals surface area contributed by atoms with Gasteiger partial charge in [-0.25, -0.2) is 12.8 Å². The summed E-state index contributed by atoms with van der Waals surface area (Å²) in [4.78, 5) is 24.6. The first-order valence-corrected chi connectivity index (χ1v) is 9.88. The van der Waals surface area contributed by atoms with Crippen molar-refractivity contribution < 1.29 is 27.5 Å². The van der Waals surface area contributed by atoms with Crippen LogP contribution >= 0.6 is 0 Å². The molecule has 1 heterocycles. The molecule has 1 aromatic rings. The van der Waals surface area contributed by atoms with Gasteiger partial charge in [-0.3, -0.25) is 9.59 Å². The molecule has 2 rings (SSSR count). The van der Waals surface area contributed by atoms with Crippen molar-refractivity contribution in [2.45, 2.75) is 30.6 Å². The number of hydrogen-bond donors (Lipinski definition) is 1. The Morgan fingerprint density at radius 1 is 1.31 bits per heavy atom. The van der Waals surface area contributed by atoms with Crippen LogP contribution in [0.1, 0.15) is 25.7 Å². The molecule has 1 aromatic carbocycles. The third-order valence-corrected chi connectivity index (χ3v) is 6.32. The topological polar surface area (TPSA) is 95.0 Å². The average molecular weight is 386 g/mol. The molecule has 1 unspecified atom stereocenters. The van der Waals surface area contributed by atoms with Crippen LogP contribution in [0.4, 0.5) is 4.39 Å². The molecular formula is C17H23FN2O5S. The molecule has 1 N–H and O–H groups in total. The lowest BCUT2D eigenvalue weighted by molar-refractivity contribution is -0.139. The average Bonchev–Trinajstić information content (AvgIpc) is 2.61. The lowest BCUT2D eigenvalue weighted by Gasteiger charge is -2.33. The Morgan fingerprint density at radius 3 is 2.58 bits per heavy atom. The predicted molar refractivity (Wildman–Crippen MR) is 92.4 cm³/mol. The minimum absolute atomic E-state index is 0.00168. The number of carbonyl (C=O) groups excluding carboxylic acids is 1. The Morgan fingerprint density at radius 2 is 1.96 bits per heavy atom. The van der Waals surface area contributed by atoms with Gasteiger partial charge in [0.1, 0.15) is 5.82 Å². The standard InChI is InChI=1S/C17H23FN2O5S/c1-19(10-3-5-16(21)22)17(23)13-4-2-11-20(12-13)26(24,25)15-8-6-14(18)7-9-15/h6-9,13H,2-5,10-12H2,1H3,(H,21,22). The highest BCUT2D eigenvalue weighted by Crippen LogP contribution is 2.25. The number of halogens is 1. The molecular weight excluding hydrogens is 363 g/mol. The van der Waals surface area contributed by atoms with Crippen LogP contribution in [-0.2, 0) is 19.6 Å². The molecule has 0 radical (unpaired) electrons. The number of aliphatic carboxylic acids is 1. The molecule has 1 fully saturated rings. The normalized spacial score (nSPS) is 18.5. The van der Waals surface area contributed by atoms with E-state index in [4.69, 9.17) is 5.11 Å². The lowest BCUT2D eigenvalue weighted by Crippen LogP contribution is -2.46. The summed E-state index contributed by atoms with van der Waals surface area (Å²) >= 11 is 0. The van der Waals surface area contributed by atoms with Crippen LogP contribution in [0.25, 0.3) is 0 Å². The fourth-order valence-electron chi connectivity index (χ4n) is 3.01. The zero-order valence-corrected chi connectivity index (χ0v) is 15.4. The maximum Gasteiger partial charge on any atom is 0.303 e. The van der Waals surface area contributed by atoms with Gasteiger partial charge >= 0.3 is 5.97 Å². The third kappa shape index (κ3) is 5.01. The van der Waals surface area contributed by atoms with Gasteiger partial charge in [-0.2, -0.15) is 4.31 Å². The Bertz CT molecular complexity index is 751. The van der Waals surface area contributed by atoms with E-state index in [1.54, 1.807) is 7.05 Å². The summed E-state index contributed by atoms with van der Waals surface area (Å²) < 4.78 is 39.7. The number of amides is 1. The first-order valence-electron chi connectivity index (χ1n) is 8.44.